The van der Waals surface area contributed by atoms with E-state index in [-0.39, 0.29) is 16.7 Å². The summed E-state index contributed by atoms with van der Waals surface area (Å²) in [6, 6.07) is 25.2. The van der Waals surface area contributed by atoms with Gasteiger partial charge in [-0.1, -0.05) is 114 Å². The molecule has 0 aliphatic carbocycles. The van der Waals surface area contributed by atoms with E-state index < -0.39 is 0 Å². The maximum atomic E-state index is 12.8. The number of allylic oxidation sites excluding steroid dienone is 2. The molecule has 0 radical (unpaired) electrons. The zero-order chi connectivity index (χ0) is 26.6. The highest BCUT2D eigenvalue weighted by Crippen LogP contribution is 2.30. The summed E-state index contributed by atoms with van der Waals surface area (Å²) in [7, 11) is 0. The molecule has 3 nitrogen and oxygen atoms in total. The van der Waals surface area contributed by atoms with Crippen LogP contribution in [0.15, 0.2) is 103 Å². The maximum absolute atomic E-state index is 12.8. The zero-order valence-corrected chi connectivity index (χ0v) is 22.7. The second-order valence-corrected chi connectivity index (χ2v) is 11.5. The lowest BCUT2D eigenvalue weighted by atomic mass is 9.84. The fourth-order valence-corrected chi connectivity index (χ4v) is 4.30. The topological polar surface area (TPSA) is 42.0 Å². The van der Waals surface area contributed by atoms with Gasteiger partial charge in [0.1, 0.15) is 0 Å². The van der Waals surface area contributed by atoms with E-state index in [1.54, 1.807) is 18.5 Å². The minimum absolute atomic E-state index is 0.0897. The Kier molecular flexibility index (Phi) is 7.45. The van der Waals surface area contributed by atoms with Gasteiger partial charge in [-0.25, -0.2) is 0 Å². The second kappa shape index (κ2) is 10.6. The molecule has 4 aromatic rings. The van der Waals surface area contributed by atoms with E-state index in [1.807, 2.05) is 36.4 Å². The van der Waals surface area contributed by atoms with Gasteiger partial charge < -0.3 is 5.32 Å². The van der Waals surface area contributed by atoms with Crippen molar-refractivity contribution in [1.82, 2.24) is 4.98 Å². The van der Waals surface area contributed by atoms with Crippen LogP contribution in [0.2, 0.25) is 0 Å². The Morgan fingerprint density at radius 1 is 0.757 bits per heavy atom. The molecule has 0 unspecified atom stereocenters. The molecule has 0 saturated carbocycles. The average molecular weight is 489 g/mol. The molecule has 3 aromatic carbocycles. The standard InChI is InChI=1S/C34H36N2O/c1-33(2,3)27-17-13-24(14-18-27)29(25-15-19-28(20-16-25)34(4,5)6)10-8-12-32(37)36-31-11-7-9-26-23-35-22-21-30(26)31/h7-23H,1-6H3,(H,36,37)/b12-8+. The number of hydrogen-bond acceptors (Lipinski definition) is 2. The van der Waals surface area contributed by atoms with Crippen molar-refractivity contribution in [3.8, 4) is 0 Å². The Balaban J connectivity index is 1.63. The van der Waals surface area contributed by atoms with Crippen LogP contribution < -0.4 is 5.32 Å². The van der Waals surface area contributed by atoms with Crippen LogP contribution in [0.25, 0.3) is 16.3 Å². The zero-order valence-electron chi connectivity index (χ0n) is 22.7. The second-order valence-electron chi connectivity index (χ2n) is 11.5. The van der Waals surface area contributed by atoms with E-state index in [1.165, 1.54) is 11.1 Å². The van der Waals surface area contributed by atoms with Gasteiger partial charge in [-0.05, 0) is 50.8 Å². The van der Waals surface area contributed by atoms with Crippen molar-refractivity contribution in [1.29, 1.82) is 0 Å². The van der Waals surface area contributed by atoms with Gasteiger partial charge in [0, 0.05) is 34.9 Å². The third-order valence-electron chi connectivity index (χ3n) is 6.57. The fourth-order valence-electron chi connectivity index (χ4n) is 4.30. The quantitative estimate of drug-likeness (QED) is 0.226. The van der Waals surface area contributed by atoms with E-state index >= 15 is 0 Å². The minimum atomic E-state index is -0.175. The largest absolute Gasteiger partial charge is 0.322 e. The number of nitrogens with zero attached hydrogens (tertiary/aromatic N) is 1. The molecule has 0 spiro atoms. The van der Waals surface area contributed by atoms with Gasteiger partial charge in [0.15, 0.2) is 0 Å². The number of carbonyl (C=O) groups excluding carboxylic acids is 1. The summed E-state index contributed by atoms with van der Waals surface area (Å²) in [5, 5.41) is 4.96. The molecule has 188 valence electrons. The molecule has 1 amide bonds. The summed E-state index contributed by atoms with van der Waals surface area (Å²) in [5.74, 6) is -0.175. The Morgan fingerprint density at radius 2 is 1.32 bits per heavy atom. The van der Waals surface area contributed by atoms with Crippen LogP contribution in [0.4, 0.5) is 5.69 Å². The Hall–Kier alpha value is -3.98. The number of anilines is 1. The molecule has 0 fully saturated rings. The highest BCUT2D eigenvalue weighted by Gasteiger charge is 2.16. The van der Waals surface area contributed by atoms with E-state index in [0.29, 0.717) is 0 Å². The Labute approximate surface area is 221 Å². The molecular weight excluding hydrogens is 452 g/mol. The van der Waals surface area contributed by atoms with Gasteiger partial charge >= 0.3 is 0 Å². The summed E-state index contributed by atoms with van der Waals surface area (Å²) in [4.78, 5) is 16.9. The smallest absolute Gasteiger partial charge is 0.248 e. The number of amides is 1. The molecule has 1 heterocycles. The fraction of sp³-hybridized carbons (Fsp3) is 0.235. The summed E-state index contributed by atoms with van der Waals surface area (Å²) in [6.07, 6.45) is 8.95. The number of hydrogen-bond donors (Lipinski definition) is 1. The van der Waals surface area contributed by atoms with Crippen molar-refractivity contribution < 1.29 is 4.79 Å². The van der Waals surface area contributed by atoms with Crippen LogP contribution in [-0.4, -0.2) is 10.9 Å². The molecule has 0 bridgehead atoms. The van der Waals surface area contributed by atoms with Crippen molar-refractivity contribution in [2.75, 3.05) is 5.32 Å². The third-order valence-corrected chi connectivity index (χ3v) is 6.57. The predicted octanol–water partition coefficient (Wildman–Crippen LogP) is 8.46. The number of benzene rings is 3. The normalized spacial score (nSPS) is 12.1. The number of aromatic nitrogens is 1. The number of rotatable bonds is 5. The molecule has 37 heavy (non-hydrogen) atoms. The first-order chi connectivity index (χ1) is 17.5. The summed E-state index contributed by atoms with van der Waals surface area (Å²) in [5.41, 5.74) is 6.83. The molecule has 3 heteroatoms. The molecule has 0 saturated heterocycles. The van der Waals surface area contributed by atoms with Crippen LogP contribution >= 0.6 is 0 Å². The van der Waals surface area contributed by atoms with Gasteiger partial charge in [-0.2, -0.15) is 0 Å². The van der Waals surface area contributed by atoms with Gasteiger partial charge in [-0.3, -0.25) is 9.78 Å². The van der Waals surface area contributed by atoms with Gasteiger partial charge in [0.2, 0.25) is 5.91 Å². The van der Waals surface area contributed by atoms with Gasteiger partial charge in [-0.15, -0.1) is 0 Å². The molecule has 0 atom stereocenters. The lowest BCUT2D eigenvalue weighted by molar-refractivity contribution is -0.111. The Morgan fingerprint density at radius 3 is 1.86 bits per heavy atom. The van der Waals surface area contributed by atoms with Crippen LogP contribution in [0.3, 0.4) is 0 Å². The molecule has 0 aliphatic rings. The van der Waals surface area contributed by atoms with Gasteiger partial charge in [0.05, 0.1) is 0 Å². The summed E-state index contributed by atoms with van der Waals surface area (Å²) >= 11 is 0. The van der Waals surface area contributed by atoms with Crippen molar-refractivity contribution in [2.45, 2.75) is 52.4 Å². The molecule has 1 N–H and O–H groups in total. The van der Waals surface area contributed by atoms with Crippen molar-refractivity contribution in [2.24, 2.45) is 0 Å². The van der Waals surface area contributed by atoms with E-state index in [9.17, 15) is 4.79 Å². The summed E-state index contributed by atoms with van der Waals surface area (Å²) < 4.78 is 0. The monoisotopic (exact) mass is 488 g/mol. The number of carbonyl (C=O) groups is 1. The van der Waals surface area contributed by atoms with Crippen LogP contribution in [-0.2, 0) is 15.6 Å². The van der Waals surface area contributed by atoms with Crippen LogP contribution in [0.1, 0.15) is 63.8 Å². The highest BCUT2D eigenvalue weighted by molar-refractivity contribution is 6.06. The minimum Gasteiger partial charge on any atom is -0.322 e. The highest BCUT2D eigenvalue weighted by atomic mass is 16.1. The number of fused-ring (bicyclic) bond motifs is 1. The van der Waals surface area contributed by atoms with E-state index in [4.69, 9.17) is 0 Å². The molecular formula is C34H36N2O. The first-order valence-electron chi connectivity index (χ1n) is 12.8. The lowest BCUT2D eigenvalue weighted by Crippen LogP contribution is -2.11. The van der Waals surface area contributed by atoms with Crippen molar-refractivity contribution in [3.05, 3.63) is 126 Å². The molecule has 4 rings (SSSR count). The lowest BCUT2D eigenvalue weighted by Gasteiger charge is -2.21. The molecule has 0 aliphatic heterocycles. The maximum Gasteiger partial charge on any atom is 0.248 e. The van der Waals surface area contributed by atoms with E-state index in [0.717, 1.165) is 33.2 Å². The SMILES string of the molecule is CC(C)(C)c1ccc(C(=C/C=C/C(=O)Nc2cccc3cnccc23)c2ccc(C(C)(C)C)cc2)cc1. The van der Waals surface area contributed by atoms with E-state index in [2.05, 4.69) is 100 Å². The van der Waals surface area contributed by atoms with Gasteiger partial charge in [0.25, 0.3) is 0 Å². The predicted molar refractivity (Wildman–Crippen MR) is 157 cm³/mol. The van der Waals surface area contributed by atoms with Crippen molar-refractivity contribution in [3.63, 3.8) is 0 Å². The first kappa shape index (κ1) is 26.1. The summed E-state index contributed by atoms with van der Waals surface area (Å²) in [6.45, 7) is 13.3. The average Bonchev–Trinajstić information content (AvgIpc) is 2.86. The third kappa shape index (κ3) is 6.42. The van der Waals surface area contributed by atoms with Crippen LogP contribution in [0, 0.1) is 0 Å². The Bertz CT molecular complexity index is 1380. The number of nitrogens with one attached hydrogen (secondary N) is 1. The number of pyridine rings is 1. The van der Waals surface area contributed by atoms with Crippen molar-refractivity contribution >= 4 is 27.9 Å². The molecule has 1 aromatic heterocycles. The van der Waals surface area contributed by atoms with Crippen LogP contribution in [0.5, 0.6) is 0 Å². The first-order valence-corrected chi connectivity index (χ1v) is 12.8.